The number of hydrogen-bond acceptors (Lipinski definition) is 11. The average Bonchev–Trinajstić information content (AvgIpc) is 2.83. The third-order valence-corrected chi connectivity index (χ3v) is 4.55. The Morgan fingerprint density at radius 1 is 0.958 bits per heavy atom. The van der Waals surface area contributed by atoms with E-state index in [1.54, 1.807) is 0 Å². The summed E-state index contributed by atoms with van der Waals surface area (Å²) in [6.45, 7) is -2.72. The van der Waals surface area contributed by atoms with Crippen molar-refractivity contribution in [3.8, 4) is 0 Å². The van der Waals surface area contributed by atoms with Gasteiger partial charge in [-0.25, -0.2) is 0 Å². The van der Waals surface area contributed by atoms with E-state index in [1.807, 2.05) is 0 Å². The standard InChI is InChI=1S/C13H25NO10/c15-2-6-1-8(19)10(20)7(3-16)14(6)24-13(5-18)12(22)11(21)9(4-17)23-13/h6-12,15-22H,1-5H2. The van der Waals surface area contributed by atoms with Crippen molar-refractivity contribution in [1.29, 1.82) is 0 Å². The average molecular weight is 355 g/mol. The molecule has 0 amide bonds. The molecule has 0 aromatic carbocycles. The normalized spacial score (nSPS) is 47.2. The molecule has 0 bridgehead atoms. The van der Waals surface area contributed by atoms with Crippen LogP contribution < -0.4 is 0 Å². The molecule has 0 spiro atoms. The molecule has 24 heavy (non-hydrogen) atoms. The van der Waals surface area contributed by atoms with Crippen LogP contribution in [0.15, 0.2) is 0 Å². The predicted molar refractivity (Wildman–Crippen MR) is 75.1 cm³/mol. The quantitative estimate of drug-likeness (QED) is 0.228. The summed E-state index contributed by atoms with van der Waals surface area (Å²) in [5.41, 5.74) is 0. The van der Waals surface area contributed by atoms with E-state index in [-0.39, 0.29) is 6.42 Å². The number of aliphatic hydroxyl groups excluding tert-OH is 8. The van der Waals surface area contributed by atoms with Crippen LogP contribution in [0.25, 0.3) is 0 Å². The third kappa shape index (κ3) is 3.30. The fourth-order valence-corrected chi connectivity index (χ4v) is 3.10. The number of hydroxylamine groups is 2. The highest BCUT2D eigenvalue weighted by Crippen LogP contribution is 2.36. The van der Waals surface area contributed by atoms with Gasteiger partial charge in [0, 0.05) is 0 Å². The van der Waals surface area contributed by atoms with Gasteiger partial charge in [0.25, 0.3) is 0 Å². The lowest BCUT2D eigenvalue weighted by atomic mass is 9.93. The first-order valence-corrected chi connectivity index (χ1v) is 7.66. The summed E-state index contributed by atoms with van der Waals surface area (Å²) < 4.78 is 5.25. The van der Waals surface area contributed by atoms with Gasteiger partial charge in [0.2, 0.25) is 5.79 Å². The first kappa shape index (κ1) is 19.9. The Morgan fingerprint density at radius 2 is 1.62 bits per heavy atom. The highest BCUT2D eigenvalue weighted by molar-refractivity contribution is 4.98. The van der Waals surface area contributed by atoms with Gasteiger partial charge in [-0.3, -0.25) is 4.84 Å². The van der Waals surface area contributed by atoms with Crippen LogP contribution in [0, 0.1) is 0 Å². The molecule has 2 saturated heterocycles. The van der Waals surface area contributed by atoms with Crippen molar-refractivity contribution >= 4 is 0 Å². The van der Waals surface area contributed by atoms with Crippen LogP contribution in [-0.2, 0) is 9.57 Å². The van der Waals surface area contributed by atoms with Crippen molar-refractivity contribution in [1.82, 2.24) is 5.06 Å². The number of nitrogens with zero attached hydrogens (tertiary/aromatic N) is 1. The topological polar surface area (TPSA) is 184 Å². The molecule has 11 nitrogen and oxygen atoms in total. The van der Waals surface area contributed by atoms with Gasteiger partial charge in [-0.2, -0.15) is 5.06 Å². The summed E-state index contributed by atoms with van der Waals surface area (Å²) >= 11 is 0. The van der Waals surface area contributed by atoms with Gasteiger partial charge >= 0.3 is 0 Å². The van der Waals surface area contributed by atoms with Crippen LogP contribution in [-0.4, -0.2) is 121 Å². The second-order valence-electron chi connectivity index (χ2n) is 6.08. The second kappa shape index (κ2) is 7.85. The summed E-state index contributed by atoms with van der Waals surface area (Å²) in [4.78, 5) is 5.48. The maximum absolute atomic E-state index is 10.1. The summed E-state index contributed by atoms with van der Waals surface area (Å²) in [6.07, 6.45) is -7.21. The minimum absolute atomic E-state index is 0.0995. The van der Waals surface area contributed by atoms with Crippen molar-refractivity contribution in [2.75, 3.05) is 26.4 Å². The van der Waals surface area contributed by atoms with E-state index >= 15 is 0 Å². The molecule has 2 rings (SSSR count). The Morgan fingerprint density at radius 3 is 2.08 bits per heavy atom. The molecule has 8 N–H and O–H groups in total. The molecule has 0 saturated carbocycles. The van der Waals surface area contributed by atoms with E-state index in [0.717, 1.165) is 5.06 Å². The molecule has 2 heterocycles. The first-order chi connectivity index (χ1) is 11.3. The molecule has 0 aromatic heterocycles. The SMILES string of the molecule is OCC1OC(CO)(ON2C(CO)CC(O)C(O)C2CO)C(O)C1O. The fraction of sp³-hybridized carbons (Fsp3) is 1.00. The fourth-order valence-electron chi connectivity index (χ4n) is 3.10. The molecule has 0 aliphatic carbocycles. The van der Waals surface area contributed by atoms with E-state index in [9.17, 15) is 35.7 Å². The molecule has 8 atom stereocenters. The molecule has 8 unspecified atom stereocenters. The number of ether oxygens (including phenoxy) is 1. The van der Waals surface area contributed by atoms with Crippen LogP contribution in [0.2, 0.25) is 0 Å². The van der Waals surface area contributed by atoms with E-state index in [4.69, 9.17) is 14.7 Å². The van der Waals surface area contributed by atoms with E-state index in [0.29, 0.717) is 0 Å². The summed E-state index contributed by atoms with van der Waals surface area (Å²) in [7, 11) is 0. The zero-order chi connectivity index (χ0) is 18.1. The summed E-state index contributed by atoms with van der Waals surface area (Å²) in [5, 5.41) is 78.5. The van der Waals surface area contributed by atoms with Gasteiger partial charge in [0.15, 0.2) is 0 Å². The van der Waals surface area contributed by atoms with E-state index in [1.165, 1.54) is 0 Å². The molecule has 0 radical (unpaired) electrons. The summed E-state index contributed by atoms with van der Waals surface area (Å²) in [6, 6.07) is -2.04. The van der Waals surface area contributed by atoms with Crippen LogP contribution in [0.4, 0.5) is 0 Å². The van der Waals surface area contributed by atoms with Crippen molar-refractivity contribution in [3.63, 3.8) is 0 Å². The number of piperidine rings is 1. The Balaban J connectivity index is 2.27. The minimum Gasteiger partial charge on any atom is -0.395 e. The lowest BCUT2D eigenvalue weighted by molar-refractivity contribution is -0.404. The van der Waals surface area contributed by atoms with Crippen LogP contribution in [0.1, 0.15) is 6.42 Å². The van der Waals surface area contributed by atoms with Crippen molar-refractivity contribution in [2.24, 2.45) is 0 Å². The minimum atomic E-state index is -2.16. The Kier molecular flexibility index (Phi) is 6.50. The van der Waals surface area contributed by atoms with Gasteiger partial charge in [0.05, 0.1) is 44.1 Å². The third-order valence-electron chi connectivity index (χ3n) is 4.55. The lowest BCUT2D eigenvalue weighted by Crippen LogP contribution is -2.65. The van der Waals surface area contributed by atoms with E-state index < -0.39 is 74.8 Å². The van der Waals surface area contributed by atoms with Crippen molar-refractivity contribution in [3.05, 3.63) is 0 Å². The molecule has 2 aliphatic heterocycles. The van der Waals surface area contributed by atoms with Crippen LogP contribution in [0.3, 0.4) is 0 Å². The monoisotopic (exact) mass is 355 g/mol. The molecular formula is C13H25NO10. The molecule has 2 aliphatic rings. The zero-order valence-corrected chi connectivity index (χ0v) is 12.9. The van der Waals surface area contributed by atoms with Crippen molar-refractivity contribution in [2.45, 2.75) is 54.8 Å². The molecule has 2 fully saturated rings. The molecule has 11 heteroatoms. The van der Waals surface area contributed by atoms with Gasteiger partial charge in [-0.15, -0.1) is 0 Å². The van der Waals surface area contributed by atoms with Gasteiger partial charge in [-0.05, 0) is 6.42 Å². The van der Waals surface area contributed by atoms with Crippen LogP contribution >= 0.6 is 0 Å². The molecule has 142 valence electrons. The molecular weight excluding hydrogens is 330 g/mol. The van der Waals surface area contributed by atoms with Gasteiger partial charge in [-0.1, -0.05) is 0 Å². The maximum Gasteiger partial charge on any atom is 0.240 e. The Bertz CT molecular complexity index is 414. The lowest BCUT2D eigenvalue weighted by Gasteiger charge is -2.47. The number of hydrogen-bond donors (Lipinski definition) is 8. The summed E-state index contributed by atoms with van der Waals surface area (Å²) in [5.74, 6) is -2.16. The highest BCUT2D eigenvalue weighted by atomic mass is 16.8. The van der Waals surface area contributed by atoms with Crippen LogP contribution in [0.5, 0.6) is 0 Å². The highest BCUT2D eigenvalue weighted by Gasteiger charge is 2.58. The van der Waals surface area contributed by atoms with E-state index in [2.05, 4.69) is 0 Å². The largest absolute Gasteiger partial charge is 0.395 e. The first-order valence-electron chi connectivity index (χ1n) is 7.66. The number of rotatable bonds is 6. The molecule has 0 aromatic rings. The van der Waals surface area contributed by atoms with Gasteiger partial charge in [0.1, 0.15) is 24.9 Å². The maximum atomic E-state index is 10.1. The number of aliphatic hydroxyl groups is 8. The Labute approximate surface area is 137 Å². The van der Waals surface area contributed by atoms with Crippen molar-refractivity contribution < 1.29 is 50.4 Å². The predicted octanol–water partition coefficient (Wildman–Crippen LogP) is -5.13. The zero-order valence-electron chi connectivity index (χ0n) is 12.9. The smallest absolute Gasteiger partial charge is 0.240 e. The Hall–Kier alpha value is -0.440. The van der Waals surface area contributed by atoms with Gasteiger partial charge < -0.3 is 45.6 Å². The second-order valence-corrected chi connectivity index (χ2v) is 6.08.